The highest BCUT2D eigenvalue weighted by Crippen LogP contribution is 2.37. The maximum absolute atomic E-state index is 6.03. The first kappa shape index (κ1) is 13.4. The topological polar surface area (TPSA) is 26.0 Å². The highest BCUT2D eigenvalue weighted by Gasteiger charge is 2.25. The lowest BCUT2D eigenvalue weighted by atomic mass is 9.84. The molecule has 0 aromatic heterocycles. The van der Waals surface area contributed by atoms with Crippen LogP contribution in [0.1, 0.15) is 37.2 Å². The van der Waals surface area contributed by atoms with Crippen LogP contribution in [0, 0.1) is 5.92 Å². The van der Waals surface area contributed by atoms with Crippen LogP contribution in [0.4, 0.5) is 0 Å². The van der Waals surface area contributed by atoms with Gasteiger partial charge in [0, 0.05) is 0 Å². The van der Waals surface area contributed by atoms with Gasteiger partial charge in [0.05, 0.1) is 0 Å². The molecule has 1 heteroatoms. The third kappa shape index (κ3) is 2.78. The molecule has 0 bridgehead atoms. The van der Waals surface area contributed by atoms with Gasteiger partial charge in [0.15, 0.2) is 0 Å². The standard InChI is InChI=1S/C19H23N/c20-14-19(17-8-4-5-9-17)18-12-10-16(11-13-18)15-6-2-1-3-7-15/h1-3,6-7,10-13,17,19H,4-5,8-9,14,20H2. The van der Waals surface area contributed by atoms with Crippen molar-refractivity contribution in [1.82, 2.24) is 0 Å². The zero-order valence-electron chi connectivity index (χ0n) is 12.0. The minimum absolute atomic E-state index is 0.544. The van der Waals surface area contributed by atoms with Gasteiger partial charge in [-0.3, -0.25) is 0 Å². The Morgan fingerprint density at radius 1 is 0.850 bits per heavy atom. The first-order valence-corrected chi connectivity index (χ1v) is 7.74. The van der Waals surface area contributed by atoms with Gasteiger partial charge in [0.2, 0.25) is 0 Å². The lowest BCUT2D eigenvalue weighted by Gasteiger charge is -2.22. The third-order valence-electron chi connectivity index (χ3n) is 4.67. The molecule has 0 heterocycles. The van der Waals surface area contributed by atoms with Crippen LogP contribution in [0.5, 0.6) is 0 Å². The van der Waals surface area contributed by atoms with Crippen LogP contribution in [-0.2, 0) is 0 Å². The van der Waals surface area contributed by atoms with Crippen LogP contribution in [0.15, 0.2) is 54.6 Å². The second-order valence-electron chi connectivity index (χ2n) is 5.87. The van der Waals surface area contributed by atoms with Crippen molar-refractivity contribution in [1.29, 1.82) is 0 Å². The van der Waals surface area contributed by atoms with E-state index in [-0.39, 0.29) is 0 Å². The van der Waals surface area contributed by atoms with Crippen LogP contribution in [0.3, 0.4) is 0 Å². The zero-order chi connectivity index (χ0) is 13.8. The fraction of sp³-hybridized carbons (Fsp3) is 0.368. The quantitative estimate of drug-likeness (QED) is 0.860. The average molecular weight is 265 g/mol. The van der Waals surface area contributed by atoms with E-state index in [4.69, 9.17) is 5.73 Å². The maximum Gasteiger partial charge on any atom is -0.000556 e. The van der Waals surface area contributed by atoms with E-state index in [0.717, 1.165) is 12.5 Å². The van der Waals surface area contributed by atoms with Gasteiger partial charge in [-0.25, -0.2) is 0 Å². The summed E-state index contributed by atoms with van der Waals surface area (Å²) in [5.41, 5.74) is 10.0. The van der Waals surface area contributed by atoms with E-state index in [2.05, 4.69) is 54.6 Å². The summed E-state index contributed by atoms with van der Waals surface area (Å²) in [4.78, 5) is 0. The molecule has 2 aromatic carbocycles. The molecule has 104 valence electrons. The van der Waals surface area contributed by atoms with Gasteiger partial charge in [0.1, 0.15) is 0 Å². The molecule has 0 aliphatic heterocycles. The normalized spacial score (nSPS) is 17.2. The highest BCUT2D eigenvalue weighted by atomic mass is 14.6. The number of benzene rings is 2. The lowest BCUT2D eigenvalue weighted by Crippen LogP contribution is -2.19. The molecule has 2 aromatic rings. The molecular weight excluding hydrogens is 242 g/mol. The minimum Gasteiger partial charge on any atom is -0.330 e. The smallest absolute Gasteiger partial charge is 0.000556 e. The molecule has 0 saturated heterocycles. The summed E-state index contributed by atoms with van der Waals surface area (Å²) in [5.74, 6) is 1.34. The van der Waals surface area contributed by atoms with Crippen molar-refractivity contribution in [2.75, 3.05) is 6.54 Å². The molecule has 1 atom stereocenters. The fourth-order valence-corrected chi connectivity index (χ4v) is 3.51. The van der Waals surface area contributed by atoms with Crippen molar-refractivity contribution in [2.24, 2.45) is 11.7 Å². The van der Waals surface area contributed by atoms with E-state index >= 15 is 0 Å². The van der Waals surface area contributed by atoms with Gasteiger partial charge in [-0.15, -0.1) is 0 Å². The minimum atomic E-state index is 0.544. The van der Waals surface area contributed by atoms with E-state index in [1.807, 2.05) is 0 Å². The SMILES string of the molecule is NCC(c1ccc(-c2ccccc2)cc1)C1CCCC1. The Morgan fingerprint density at radius 2 is 1.45 bits per heavy atom. The molecule has 1 nitrogen and oxygen atoms in total. The molecule has 1 aliphatic rings. The van der Waals surface area contributed by atoms with Gasteiger partial charge in [0.25, 0.3) is 0 Å². The molecule has 0 amide bonds. The van der Waals surface area contributed by atoms with Crippen molar-refractivity contribution >= 4 is 0 Å². The molecule has 0 spiro atoms. The molecule has 1 fully saturated rings. The Balaban J connectivity index is 1.81. The summed E-state index contributed by atoms with van der Waals surface area (Å²) >= 11 is 0. The van der Waals surface area contributed by atoms with Gasteiger partial charge in [-0.2, -0.15) is 0 Å². The summed E-state index contributed by atoms with van der Waals surface area (Å²) in [7, 11) is 0. The van der Waals surface area contributed by atoms with Crippen molar-refractivity contribution in [3.63, 3.8) is 0 Å². The Kier molecular flexibility index (Phi) is 4.17. The number of nitrogens with two attached hydrogens (primary N) is 1. The molecule has 2 N–H and O–H groups in total. The number of rotatable bonds is 4. The summed E-state index contributed by atoms with van der Waals surface area (Å²) < 4.78 is 0. The van der Waals surface area contributed by atoms with Crippen molar-refractivity contribution in [2.45, 2.75) is 31.6 Å². The first-order chi connectivity index (χ1) is 9.88. The molecule has 1 saturated carbocycles. The van der Waals surface area contributed by atoms with E-state index in [9.17, 15) is 0 Å². The summed E-state index contributed by atoms with van der Waals surface area (Å²) in [6, 6.07) is 19.6. The van der Waals surface area contributed by atoms with Crippen LogP contribution in [0.2, 0.25) is 0 Å². The Morgan fingerprint density at radius 3 is 2.05 bits per heavy atom. The van der Waals surface area contributed by atoms with Gasteiger partial charge in [-0.1, -0.05) is 67.4 Å². The van der Waals surface area contributed by atoms with Crippen molar-refractivity contribution in [3.8, 4) is 11.1 Å². The van der Waals surface area contributed by atoms with Crippen LogP contribution >= 0.6 is 0 Å². The Bertz CT molecular complexity index is 523. The third-order valence-corrected chi connectivity index (χ3v) is 4.67. The van der Waals surface area contributed by atoms with Gasteiger partial charge >= 0.3 is 0 Å². The Hall–Kier alpha value is -1.60. The second kappa shape index (κ2) is 6.23. The van der Waals surface area contributed by atoms with E-state index in [0.29, 0.717) is 5.92 Å². The molecule has 20 heavy (non-hydrogen) atoms. The van der Waals surface area contributed by atoms with E-state index < -0.39 is 0 Å². The predicted octanol–water partition coefficient (Wildman–Crippen LogP) is 4.59. The highest BCUT2D eigenvalue weighted by molar-refractivity contribution is 5.63. The van der Waals surface area contributed by atoms with Gasteiger partial charge in [-0.05, 0) is 47.9 Å². The first-order valence-electron chi connectivity index (χ1n) is 7.74. The number of hydrogen-bond acceptors (Lipinski definition) is 1. The largest absolute Gasteiger partial charge is 0.330 e. The molecule has 1 unspecified atom stereocenters. The van der Waals surface area contributed by atoms with Crippen molar-refractivity contribution in [3.05, 3.63) is 60.2 Å². The number of hydrogen-bond donors (Lipinski definition) is 1. The molecular formula is C19H23N. The fourth-order valence-electron chi connectivity index (χ4n) is 3.51. The average Bonchev–Trinajstić information content (AvgIpc) is 3.04. The second-order valence-corrected chi connectivity index (χ2v) is 5.87. The van der Waals surface area contributed by atoms with E-state index in [1.54, 1.807) is 0 Å². The lowest BCUT2D eigenvalue weighted by molar-refractivity contribution is 0.440. The zero-order valence-corrected chi connectivity index (χ0v) is 12.0. The molecule has 3 rings (SSSR count). The Labute approximate surface area is 121 Å². The van der Waals surface area contributed by atoms with Crippen LogP contribution in [0.25, 0.3) is 11.1 Å². The monoisotopic (exact) mass is 265 g/mol. The molecule has 0 radical (unpaired) electrons. The molecule has 1 aliphatic carbocycles. The van der Waals surface area contributed by atoms with Crippen molar-refractivity contribution < 1.29 is 0 Å². The van der Waals surface area contributed by atoms with E-state index in [1.165, 1.54) is 42.4 Å². The van der Waals surface area contributed by atoms with Crippen LogP contribution < -0.4 is 5.73 Å². The maximum atomic E-state index is 6.03. The predicted molar refractivity (Wildman–Crippen MR) is 85.6 cm³/mol. The summed E-state index contributed by atoms with van der Waals surface area (Å²) in [5, 5.41) is 0. The van der Waals surface area contributed by atoms with Gasteiger partial charge < -0.3 is 5.73 Å². The van der Waals surface area contributed by atoms with Crippen LogP contribution in [-0.4, -0.2) is 6.54 Å². The summed E-state index contributed by atoms with van der Waals surface area (Å²) in [6.45, 7) is 0.773. The summed E-state index contributed by atoms with van der Waals surface area (Å²) in [6.07, 6.45) is 5.46.